The molecule has 3 amide bonds. The Kier molecular flexibility index (Phi) is 8.02. The molecule has 6 rings (SSSR count). The average Bonchev–Trinajstić information content (AvgIpc) is 3.46. The number of carbonyl (C=O) groups excluding carboxylic acids is 2. The van der Waals surface area contributed by atoms with Crippen molar-refractivity contribution >= 4 is 40.2 Å². The van der Waals surface area contributed by atoms with E-state index in [2.05, 4.69) is 51.5 Å². The Balaban J connectivity index is 1.14. The van der Waals surface area contributed by atoms with E-state index in [4.69, 9.17) is 14.7 Å². The maximum atomic E-state index is 12.7. The minimum Gasteiger partial charge on any atom is -0.378 e. The number of nitrogens with one attached hydrogen (secondary N) is 3. The van der Waals surface area contributed by atoms with Crippen molar-refractivity contribution in [3.05, 3.63) is 66.4 Å². The summed E-state index contributed by atoms with van der Waals surface area (Å²) in [4.78, 5) is 39.4. The van der Waals surface area contributed by atoms with E-state index < -0.39 is 0 Å². The van der Waals surface area contributed by atoms with Gasteiger partial charge >= 0.3 is 6.03 Å². The number of nitrogens with zero attached hydrogens (tertiary/aromatic N) is 5. The van der Waals surface area contributed by atoms with Crippen LogP contribution in [-0.4, -0.2) is 83.9 Å². The van der Waals surface area contributed by atoms with Crippen LogP contribution in [0, 0.1) is 0 Å². The van der Waals surface area contributed by atoms with Gasteiger partial charge in [-0.05, 0) is 68.4 Å². The lowest BCUT2D eigenvalue weighted by Crippen LogP contribution is -2.46. The van der Waals surface area contributed by atoms with Crippen LogP contribution in [0.5, 0.6) is 0 Å². The molecule has 2 fully saturated rings. The maximum absolute atomic E-state index is 12.7. The third-order valence-corrected chi connectivity index (χ3v) is 7.61. The van der Waals surface area contributed by atoms with Gasteiger partial charge in [-0.25, -0.2) is 14.8 Å². The van der Waals surface area contributed by atoms with Crippen molar-refractivity contribution in [2.45, 2.75) is 19.9 Å². The van der Waals surface area contributed by atoms with E-state index in [0.29, 0.717) is 49.1 Å². The molecule has 2 aliphatic rings. The van der Waals surface area contributed by atoms with Gasteiger partial charge in [0.2, 0.25) is 0 Å². The van der Waals surface area contributed by atoms with Gasteiger partial charge in [0.1, 0.15) is 11.5 Å². The Bertz CT molecular complexity index is 1550. The minimum atomic E-state index is -0.369. The number of piperazine rings is 1. The summed E-state index contributed by atoms with van der Waals surface area (Å²) in [6, 6.07) is 16.5. The van der Waals surface area contributed by atoms with E-state index in [1.54, 1.807) is 24.3 Å². The highest BCUT2D eigenvalue weighted by Gasteiger charge is 2.21. The van der Waals surface area contributed by atoms with Crippen LogP contribution in [0.1, 0.15) is 30.2 Å². The molecule has 4 heterocycles. The molecule has 0 radical (unpaired) electrons. The SMILES string of the molecule is CC(C)n1ccc2c(N3CCOCC3)nc(-c3ccc(NC(=O)Nc4ccc(C(=O)N5CCNCC5)cc4)cc3)nc21. The van der Waals surface area contributed by atoms with Gasteiger partial charge < -0.3 is 35.1 Å². The number of ether oxygens (including phenoxy) is 1. The number of benzene rings is 2. The highest BCUT2D eigenvalue weighted by Crippen LogP contribution is 2.31. The molecule has 0 spiro atoms. The number of carbonyl (C=O) groups is 2. The van der Waals surface area contributed by atoms with Crippen LogP contribution in [0.2, 0.25) is 0 Å². The number of hydrogen-bond donors (Lipinski definition) is 3. The van der Waals surface area contributed by atoms with Crippen LogP contribution >= 0.6 is 0 Å². The molecular formula is C31H36N8O3. The van der Waals surface area contributed by atoms with Gasteiger partial charge in [-0.3, -0.25) is 4.79 Å². The average molecular weight is 569 g/mol. The predicted molar refractivity (Wildman–Crippen MR) is 164 cm³/mol. The lowest BCUT2D eigenvalue weighted by molar-refractivity contribution is 0.0736. The Morgan fingerprint density at radius 2 is 1.50 bits per heavy atom. The Labute approximate surface area is 244 Å². The second kappa shape index (κ2) is 12.2. The van der Waals surface area contributed by atoms with Crippen molar-refractivity contribution < 1.29 is 14.3 Å². The second-order valence-corrected chi connectivity index (χ2v) is 10.8. The van der Waals surface area contributed by atoms with Gasteiger partial charge in [-0.1, -0.05) is 0 Å². The van der Waals surface area contributed by atoms with Crippen LogP contribution in [-0.2, 0) is 4.74 Å². The number of aromatic nitrogens is 3. The third-order valence-electron chi connectivity index (χ3n) is 7.61. The first-order chi connectivity index (χ1) is 20.5. The molecular weight excluding hydrogens is 532 g/mol. The molecule has 218 valence electrons. The molecule has 11 nitrogen and oxygen atoms in total. The van der Waals surface area contributed by atoms with E-state index in [-0.39, 0.29) is 18.0 Å². The molecule has 42 heavy (non-hydrogen) atoms. The first-order valence-corrected chi connectivity index (χ1v) is 14.5. The molecule has 4 aromatic rings. The molecule has 11 heteroatoms. The summed E-state index contributed by atoms with van der Waals surface area (Å²) in [7, 11) is 0. The molecule has 2 aromatic carbocycles. The number of urea groups is 1. The zero-order chi connectivity index (χ0) is 29.1. The van der Waals surface area contributed by atoms with Crippen LogP contribution in [0.4, 0.5) is 22.0 Å². The van der Waals surface area contributed by atoms with Crippen LogP contribution in [0.3, 0.4) is 0 Å². The van der Waals surface area contributed by atoms with E-state index in [1.165, 1.54) is 0 Å². The fraction of sp³-hybridized carbons (Fsp3) is 0.355. The first-order valence-electron chi connectivity index (χ1n) is 14.5. The van der Waals surface area contributed by atoms with Crippen molar-refractivity contribution in [2.24, 2.45) is 0 Å². The summed E-state index contributed by atoms with van der Waals surface area (Å²) >= 11 is 0. The van der Waals surface area contributed by atoms with E-state index >= 15 is 0 Å². The van der Waals surface area contributed by atoms with Crippen molar-refractivity contribution in [1.82, 2.24) is 24.8 Å². The molecule has 2 saturated heterocycles. The molecule has 0 aliphatic carbocycles. The molecule has 2 aromatic heterocycles. The topological polar surface area (TPSA) is 117 Å². The Morgan fingerprint density at radius 3 is 2.14 bits per heavy atom. The van der Waals surface area contributed by atoms with Crippen LogP contribution in [0.15, 0.2) is 60.8 Å². The highest BCUT2D eigenvalue weighted by atomic mass is 16.5. The van der Waals surface area contributed by atoms with Gasteiger partial charge in [-0.15, -0.1) is 0 Å². The summed E-state index contributed by atoms with van der Waals surface area (Å²) in [6.45, 7) is 10.2. The van der Waals surface area contributed by atoms with Gasteiger partial charge in [0.25, 0.3) is 5.91 Å². The molecule has 0 atom stereocenters. The van der Waals surface area contributed by atoms with Crippen LogP contribution in [0.25, 0.3) is 22.4 Å². The van der Waals surface area contributed by atoms with E-state index in [9.17, 15) is 9.59 Å². The molecule has 0 saturated carbocycles. The zero-order valence-electron chi connectivity index (χ0n) is 24.0. The molecule has 0 unspecified atom stereocenters. The number of fused-ring (bicyclic) bond motifs is 1. The largest absolute Gasteiger partial charge is 0.378 e. The molecule has 0 bridgehead atoms. The predicted octanol–water partition coefficient (Wildman–Crippen LogP) is 4.21. The summed E-state index contributed by atoms with van der Waals surface area (Å²) in [5, 5.41) is 9.98. The quantitative estimate of drug-likeness (QED) is 0.319. The number of hydrogen-bond acceptors (Lipinski definition) is 7. The fourth-order valence-electron chi connectivity index (χ4n) is 5.32. The number of amides is 3. The number of morpholine rings is 1. The molecule has 2 aliphatic heterocycles. The van der Waals surface area contributed by atoms with Crippen molar-refractivity contribution in [1.29, 1.82) is 0 Å². The van der Waals surface area contributed by atoms with Gasteiger partial charge in [0, 0.05) is 74.0 Å². The smallest absolute Gasteiger partial charge is 0.323 e. The summed E-state index contributed by atoms with van der Waals surface area (Å²) in [6.07, 6.45) is 2.07. The maximum Gasteiger partial charge on any atom is 0.323 e. The summed E-state index contributed by atoms with van der Waals surface area (Å²) in [5.41, 5.74) is 3.61. The minimum absolute atomic E-state index is 0.00480. The second-order valence-electron chi connectivity index (χ2n) is 10.8. The third kappa shape index (κ3) is 5.93. The van der Waals surface area contributed by atoms with E-state index in [0.717, 1.165) is 48.6 Å². The van der Waals surface area contributed by atoms with Crippen molar-refractivity contribution in [3.8, 4) is 11.4 Å². The summed E-state index contributed by atoms with van der Waals surface area (Å²) < 4.78 is 7.73. The van der Waals surface area contributed by atoms with Crippen molar-refractivity contribution in [2.75, 3.05) is 68.0 Å². The van der Waals surface area contributed by atoms with Crippen LogP contribution < -0.4 is 20.9 Å². The Hall–Kier alpha value is -4.48. The lowest BCUT2D eigenvalue weighted by Gasteiger charge is -2.28. The standard InChI is InChI=1S/C31H36N8O3/c1-21(2)39-14-11-26-28(37-17-19-42-20-18-37)35-27(36-29(26)39)22-3-7-24(8-4-22)33-31(41)34-25-9-5-23(6-10-25)30(40)38-15-12-32-13-16-38/h3-11,14,21,32H,12-13,15-20H2,1-2H3,(H2,33,34,41). The monoisotopic (exact) mass is 568 g/mol. The first kappa shape index (κ1) is 27.7. The van der Waals surface area contributed by atoms with Gasteiger partial charge in [0.05, 0.1) is 18.6 Å². The van der Waals surface area contributed by atoms with E-state index in [1.807, 2.05) is 29.2 Å². The van der Waals surface area contributed by atoms with Gasteiger partial charge in [0.15, 0.2) is 5.82 Å². The summed E-state index contributed by atoms with van der Waals surface area (Å²) in [5.74, 6) is 1.56. The fourth-order valence-corrected chi connectivity index (χ4v) is 5.32. The highest BCUT2D eigenvalue weighted by molar-refractivity contribution is 6.00. The number of rotatable bonds is 6. The zero-order valence-corrected chi connectivity index (χ0v) is 24.0. The van der Waals surface area contributed by atoms with Crippen molar-refractivity contribution in [3.63, 3.8) is 0 Å². The number of anilines is 3. The normalized spacial score (nSPS) is 15.7. The Morgan fingerprint density at radius 1 is 0.857 bits per heavy atom. The lowest BCUT2D eigenvalue weighted by atomic mass is 10.1. The molecule has 3 N–H and O–H groups in total. The van der Waals surface area contributed by atoms with Gasteiger partial charge in [-0.2, -0.15) is 0 Å².